The van der Waals surface area contributed by atoms with E-state index in [0.717, 1.165) is 17.6 Å². The number of aliphatic imine (C=N–C) groups is 1. The van der Waals surface area contributed by atoms with Crippen molar-refractivity contribution in [2.24, 2.45) is 4.99 Å². The Morgan fingerprint density at radius 2 is 2.11 bits per heavy atom. The van der Waals surface area contributed by atoms with E-state index >= 15 is 0 Å². The van der Waals surface area contributed by atoms with Gasteiger partial charge in [-0.2, -0.15) is 0 Å². The topological polar surface area (TPSA) is 25.2 Å². The normalized spacial score (nSPS) is 25.7. The van der Waals surface area contributed by atoms with Gasteiger partial charge in [0.1, 0.15) is 0 Å². The molecule has 0 amide bonds. The van der Waals surface area contributed by atoms with Gasteiger partial charge in [0.15, 0.2) is 0 Å². The molecule has 1 aromatic heterocycles. The minimum atomic E-state index is 0.180. The van der Waals surface area contributed by atoms with Crippen LogP contribution in [0.5, 0.6) is 0 Å². The molecule has 1 aliphatic heterocycles. The smallest absolute Gasteiger partial charge is 0.0961 e. The molecule has 1 unspecified atom stereocenters. The second-order valence-electron chi connectivity index (χ2n) is 5.63. The molecular formula is C16H16N2. The van der Waals surface area contributed by atoms with E-state index in [1.54, 1.807) is 0 Å². The van der Waals surface area contributed by atoms with Gasteiger partial charge in [0, 0.05) is 22.7 Å². The Morgan fingerprint density at radius 1 is 1.17 bits per heavy atom. The van der Waals surface area contributed by atoms with Crippen LogP contribution in [0, 0.1) is 0 Å². The minimum absolute atomic E-state index is 0.180. The zero-order valence-electron chi connectivity index (χ0n) is 10.6. The lowest BCUT2D eigenvalue weighted by Crippen LogP contribution is -2.32. The predicted octanol–water partition coefficient (Wildman–Crippen LogP) is 4.15. The summed E-state index contributed by atoms with van der Waals surface area (Å²) in [5.41, 5.74) is 5.15. The van der Waals surface area contributed by atoms with Gasteiger partial charge in [0.05, 0.1) is 11.2 Å². The van der Waals surface area contributed by atoms with Crippen molar-refractivity contribution in [2.75, 3.05) is 0 Å². The van der Waals surface area contributed by atoms with Crippen LogP contribution >= 0.6 is 0 Å². The molecule has 1 aliphatic carbocycles. The number of nitrogens with zero attached hydrogens (tertiary/aromatic N) is 2. The number of benzene rings is 1. The number of fused-ring (bicyclic) bond motifs is 5. The van der Waals surface area contributed by atoms with Crippen molar-refractivity contribution < 1.29 is 0 Å². The summed E-state index contributed by atoms with van der Waals surface area (Å²) in [6.07, 6.45) is 6.85. The lowest BCUT2D eigenvalue weighted by molar-refractivity contribution is 0.498. The molecule has 2 heterocycles. The summed E-state index contributed by atoms with van der Waals surface area (Å²) >= 11 is 0. The highest BCUT2D eigenvalue weighted by Crippen LogP contribution is 2.49. The number of aromatic nitrogens is 1. The van der Waals surface area contributed by atoms with E-state index in [2.05, 4.69) is 30.1 Å². The Morgan fingerprint density at radius 3 is 3.06 bits per heavy atom. The Balaban J connectivity index is 2.05. The zero-order chi connectivity index (χ0) is 12.2. The van der Waals surface area contributed by atoms with Gasteiger partial charge in [-0.15, -0.1) is 0 Å². The first-order chi connectivity index (χ1) is 8.79. The molecule has 1 atom stereocenters. The fourth-order valence-corrected chi connectivity index (χ4v) is 3.48. The molecule has 90 valence electrons. The largest absolute Gasteiger partial charge is 0.254 e. The van der Waals surface area contributed by atoms with E-state index in [4.69, 9.17) is 4.99 Å². The van der Waals surface area contributed by atoms with Crippen molar-refractivity contribution in [3.63, 3.8) is 0 Å². The van der Waals surface area contributed by atoms with Crippen molar-refractivity contribution in [2.45, 2.75) is 38.0 Å². The Bertz CT molecular complexity index is 672. The van der Waals surface area contributed by atoms with Crippen LogP contribution in [0.15, 0.2) is 35.5 Å². The summed E-state index contributed by atoms with van der Waals surface area (Å²) in [5.74, 6) is 0. The molecule has 2 heteroatoms. The molecule has 1 fully saturated rings. The van der Waals surface area contributed by atoms with Crippen molar-refractivity contribution in [3.8, 4) is 0 Å². The van der Waals surface area contributed by atoms with E-state index in [1.165, 1.54) is 35.9 Å². The molecular weight excluding hydrogens is 220 g/mol. The summed E-state index contributed by atoms with van der Waals surface area (Å²) in [4.78, 5) is 9.46. The third-order valence-corrected chi connectivity index (χ3v) is 4.57. The molecule has 1 saturated carbocycles. The second-order valence-corrected chi connectivity index (χ2v) is 5.63. The average Bonchev–Trinajstić information content (AvgIpc) is 2.72. The van der Waals surface area contributed by atoms with Crippen molar-refractivity contribution in [3.05, 3.63) is 36.0 Å². The van der Waals surface area contributed by atoms with Crippen LogP contribution in [0.25, 0.3) is 10.9 Å². The first-order valence-electron chi connectivity index (χ1n) is 6.75. The molecule has 2 aliphatic rings. The first kappa shape index (κ1) is 10.2. The van der Waals surface area contributed by atoms with Crippen molar-refractivity contribution >= 4 is 22.3 Å². The lowest BCUT2D eigenvalue weighted by atomic mass is 9.70. The van der Waals surface area contributed by atoms with Crippen LogP contribution in [0.2, 0.25) is 0 Å². The quantitative estimate of drug-likeness (QED) is 0.674. The molecule has 4 rings (SSSR count). The molecule has 0 spiro atoms. The standard InChI is InChI=1S/C16H16N2/c1-16-9-3-2-6-13(16)18-15-12(16)8-7-11-5-4-10-17-14(11)15/h4-5,7-8,10H,2-3,6,9H2,1H3. The van der Waals surface area contributed by atoms with Gasteiger partial charge in [-0.25, -0.2) is 0 Å². The number of rotatable bonds is 0. The molecule has 0 bridgehead atoms. The summed E-state index contributed by atoms with van der Waals surface area (Å²) < 4.78 is 0. The Hall–Kier alpha value is -1.70. The van der Waals surface area contributed by atoms with E-state index in [0.29, 0.717) is 0 Å². The molecule has 1 aromatic carbocycles. The Labute approximate surface area is 107 Å². The van der Waals surface area contributed by atoms with Crippen LogP contribution in [-0.4, -0.2) is 10.7 Å². The van der Waals surface area contributed by atoms with Gasteiger partial charge in [-0.1, -0.05) is 31.5 Å². The fourth-order valence-electron chi connectivity index (χ4n) is 3.48. The van der Waals surface area contributed by atoms with Gasteiger partial charge in [0.2, 0.25) is 0 Å². The molecule has 2 aromatic rings. The van der Waals surface area contributed by atoms with Gasteiger partial charge < -0.3 is 0 Å². The van der Waals surface area contributed by atoms with E-state index < -0.39 is 0 Å². The Kier molecular flexibility index (Phi) is 1.94. The average molecular weight is 236 g/mol. The maximum Gasteiger partial charge on any atom is 0.0961 e. The van der Waals surface area contributed by atoms with Gasteiger partial charge in [-0.05, 0) is 30.9 Å². The van der Waals surface area contributed by atoms with Crippen LogP contribution < -0.4 is 0 Å². The van der Waals surface area contributed by atoms with Gasteiger partial charge >= 0.3 is 0 Å². The van der Waals surface area contributed by atoms with E-state index in [1.807, 2.05) is 12.3 Å². The summed E-state index contributed by atoms with van der Waals surface area (Å²) in [5, 5.41) is 1.20. The number of hydrogen-bond acceptors (Lipinski definition) is 2. The van der Waals surface area contributed by atoms with Crippen LogP contribution in [0.3, 0.4) is 0 Å². The van der Waals surface area contributed by atoms with Crippen molar-refractivity contribution in [1.82, 2.24) is 4.98 Å². The van der Waals surface area contributed by atoms with Crippen LogP contribution in [0.4, 0.5) is 5.69 Å². The molecule has 0 N–H and O–H groups in total. The second kappa shape index (κ2) is 3.41. The fraction of sp³-hybridized carbons (Fsp3) is 0.375. The summed E-state index contributed by atoms with van der Waals surface area (Å²) in [6, 6.07) is 8.57. The maximum absolute atomic E-state index is 4.93. The van der Waals surface area contributed by atoms with Crippen LogP contribution in [0.1, 0.15) is 38.2 Å². The summed E-state index contributed by atoms with van der Waals surface area (Å²) in [6.45, 7) is 2.35. The highest BCUT2D eigenvalue weighted by atomic mass is 14.9. The maximum atomic E-state index is 4.93. The third kappa shape index (κ3) is 1.18. The van der Waals surface area contributed by atoms with Gasteiger partial charge in [0.25, 0.3) is 0 Å². The monoisotopic (exact) mass is 236 g/mol. The SMILES string of the molecule is CC12CCCCC1=Nc1c2ccc2cccnc12. The number of pyridine rings is 1. The minimum Gasteiger partial charge on any atom is -0.254 e. The summed E-state index contributed by atoms with van der Waals surface area (Å²) in [7, 11) is 0. The predicted molar refractivity (Wildman–Crippen MR) is 74.7 cm³/mol. The van der Waals surface area contributed by atoms with E-state index in [9.17, 15) is 0 Å². The highest BCUT2D eigenvalue weighted by molar-refractivity contribution is 6.07. The van der Waals surface area contributed by atoms with Crippen molar-refractivity contribution in [1.29, 1.82) is 0 Å². The van der Waals surface area contributed by atoms with Crippen LogP contribution in [-0.2, 0) is 5.41 Å². The lowest BCUT2D eigenvalue weighted by Gasteiger charge is -2.31. The number of hydrogen-bond donors (Lipinski definition) is 0. The molecule has 2 nitrogen and oxygen atoms in total. The van der Waals surface area contributed by atoms with Gasteiger partial charge in [-0.3, -0.25) is 9.98 Å². The highest BCUT2D eigenvalue weighted by Gasteiger charge is 2.41. The van der Waals surface area contributed by atoms with E-state index in [-0.39, 0.29) is 5.41 Å². The molecule has 18 heavy (non-hydrogen) atoms. The zero-order valence-corrected chi connectivity index (χ0v) is 10.6. The molecule has 0 radical (unpaired) electrons. The molecule has 0 saturated heterocycles. The third-order valence-electron chi connectivity index (χ3n) is 4.57. The first-order valence-corrected chi connectivity index (χ1v) is 6.75.